The minimum absolute atomic E-state index is 0.00924. The first-order chi connectivity index (χ1) is 13.0. The summed E-state index contributed by atoms with van der Waals surface area (Å²) in [6.45, 7) is 6.96. The van der Waals surface area contributed by atoms with E-state index < -0.39 is 24.4 Å². The minimum Gasteiger partial charge on any atom is -0.365 e. The standard InChI is InChI=1S/C19H22F2N4O2S/c1-11-7-19(20,21)10-25(11)17(27)15-16(28-14(9-26)23-15)12-5-6-13(22-8-12)24-18(2,3)4/h5-6,8-9,11H,7,10H2,1-4H3,(H,22,24)/t11-/m0/s1. The van der Waals surface area contributed by atoms with Gasteiger partial charge in [-0.3, -0.25) is 9.59 Å². The van der Waals surface area contributed by atoms with Gasteiger partial charge < -0.3 is 10.2 Å². The van der Waals surface area contributed by atoms with Crippen molar-refractivity contribution in [1.29, 1.82) is 0 Å². The van der Waals surface area contributed by atoms with Crippen LogP contribution in [0.1, 0.15) is 54.4 Å². The second-order valence-corrected chi connectivity index (χ2v) is 9.03. The summed E-state index contributed by atoms with van der Waals surface area (Å²) >= 11 is 1.05. The molecule has 1 fully saturated rings. The summed E-state index contributed by atoms with van der Waals surface area (Å²) in [7, 11) is 0. The predicted octanol–water partition coefficient (Wildman–Crippen LogP) is 4.10. The number of carbonyl (C=O) groups is 2. The molecule has 28 heavy (non-hydrogen) atoms. The zero-order valence-electron chi connectivity index (χ0n) is 16.1. The maximum absolute atomic E-state index is 13.7. The summed E-state index contributed by atoms with van der Waals surface area (Å²) in [6, 6.07) is 2.93. The Labute approximate surface area is 166 Å². The van der Waals surface area contributed by atoms with Gasteiger partial charge in [-0.2, -0.15) is 0 Å². The van der Waals surface area contributed by atoms with Crippen molar-refractivity contribution in [3.05, 3.63) is 29.0 Å². The van der Waals surface area contributed by atoms with Crippen LogP contribution in [0.15, 0.2) is 18.3 Å². The summed E-state index contributed by atoms with van der Waals surface area (Å²) in [5.74, 6) is -2.85. The Hall–Kier alpha value is -2.42. The highest BCUT2D eigenvalue weighted by atomic mass is 32.1. The summed E-state index contributed by atoms with van der Waals surface area (Å²) in [4.78, 5) is 34.1. The lowest BCUT2D eigenvalue weighted by Crippen LogP contribution is -2.35. The number of amides is 1. The van der Waals surface area contributed by atoms with Crippen molar-refractivity contribution >= 4 is 29.3 Å². The molecule has 0 aromatic carbocycles. The molecule has 1 atom stereocenters. The van der Waals surface area contributed by atoms with E-state index >= 15 is 0 Å². The van der Waals surface area contributed by atoms with Crippen molar-refractivity contribution in [1.82, 2.24) is 14.9 Å². The van der Waals surface area contributed by atoms with Crippen molar-refractivity contribution in [3.63, 3.8) is 0 Å². The Balaban J connectivity index is 1.94. The second kappa shape index (κ2) is 7.20. The van der Waals surface area contributed by atoms with Crippen LogP contribution in [0.3, 0.4) is 0 Å². The number of nitrogens with one attached hydrogen (secondary N) is 1. The normalized spacial score (nSPS) is 18.9. The fourth-order valence-corrected chi connectivity index (χ4v) is 4.00. The van der Waals surface area contributed by atoms with Gasteiger partial charge in [0.1, 0.15) is 11.5 Å². The average molecular weight is 408 g/mol. The molecule has 0 radical (unpaired) electrons. The number of likely N-dealkylation sites (tertiary alicyclic amines) is 1. The molecule has 3 rings (SSSR count). The SMILES string of the molecule is C[C@H]1CC(F)(F)CN1C(=O)c1nc(C=O)sc1-c1ccc(NC(C)(C)C)nc1. The molecular formula is C19H22F2N4O2S. The number of halogens is 2. The molecule has 3 heterocycles. The Morgan fingerprint density at radius 3 is 2.61 bits per heavy atom. The lowest BCUT2D eigenvalue weighted by Gasteiger charge is -2.21. The third-order valence-corrected chi connectivity index (χ3v) is 5.29. The van der Waals surface area contributed by atoms with Crippen LogP contribution in [0.5, 0.6) is 0 Å². The molecule has 1 amide bonds. The quantitative estimate of drug-likeness (QED) is 0.771. The smallest absolute Gasteiger partial charge is 0.274 e. The third kappa shape index (κ3) is 4.35. The molecule has 0 aliphatic carbocycles. The number of hydrogen-bond donors (Lipinski definition) is 1. The monoisotopic (exact) mass is 408 g/mol. The van der Waals surface area contributed by atoms with E-state index in [-0.39, 0.29) is 22.7 Å². The van der Waals surface area contributed by atoms with E-state index in [0.717, 1.165) is 16.2 Å². The maximum Gasteiger partial charge on any atom is 0.274 e. The molecule has 2 aromatic rings. The van der Waals surface area contributed by atoms with Gasteiger partial charge in [0.05, 0.1) is 11.4 Å². The lowest BCUT2D eigenvalue weighted by molar-refractivity contribution is 0.0118. The van der Waals surface area contributed by atoms with Crippen LogP contribution < -0.4 is 5.32 Å². The van der Waals surface area contributed by atoms with Crippen LogP contribution in [0.2, 0.25) is 0 Å². The molecule has 6 nitrogen and oxygen atoms in total. The van der Waals surface area contributed by atoms with E-state index in [0.29, 0.717) is 22.5 Å². The topological polar surface area (TPSA) is 75.2 Å². The highest BCUT2D eigenvalue weighted by Crippen LogP contribution is 2.36. The Morgan fingerprint density at radius 1 is 1.39 bits per heavy atom. The van der Waals surface area contributed by atoms with E-state index in [1.807, 2.05) is 20.8 Å². The molecule has 1 aliphatic heterocycles. The molecule has 0 spiro atoms. The first-order valence-electron chi connectivity index (χ1n) is 8.88. The summed E-state index contributed by atoms with van der Waals surface area (Å²) in [5.41, 5.74) is 0.448. The molecule has 150 valence electrons. The van der Waals surface area contributed by atoms with Gasteiger partial charge in [0.15, 0.2) is 11.3 Å². The van der Waals surface area contributed by atoms with E-state index in [4.69, 9.17) is 0 Å². The van der Waals surface area contributed by atoms with Gasteiger partial charge in [-0.05, 0) is 39.8 Å². The van der Waals surface area contributed by atoms with Gasteiger partial charge in [0.25, 0.3) is 11.8 Å². The van der Waals surface area contributed by atoms with Crippen LogP contribution >= 0.6 is 11.3 Å². The number of alkyl halides is 2. The molecule has 9 heteroatoms. The van der Waals surface area contributed by atoms with Gasteiger partial charge in [0, 0.05) is 29.8 Å². The number of nitrogens with zero attached hydrogens (tertiary/aromatic N) is 3. The largest absolute Gasteiger partial charge is 0.365 e. The van der Waals surface area contributed by atoms with E-state index in [1.165, 1.54) is 0 Å². The molecule has 2 aromatic heterocycles. The highest BCUT2D eigenvalue weighted by molar-refractivity contribution is 7.17. The Kier molecular flexibility index (Phi) is 5.22. The molecule has 0 unspecified atom stereocenters. The Bertz CT molecular complexity index is 890. The third-order valence-electron chi connectivity index (χ3n) is 4.26. The predicted molar refractivity (Wildman–Crippen MR) is 104 cm³/mol. The van der Waals surface area contributed by atoms with Gasteiger partial charge in [-0.1, -0.05) is 0 Å². The number of pyridine rings is 1. The number of anilines is 1. The summed E-state index contributed by atoms with van der Waals surface area (Å²) < 4.78 is 27.4. The molecule has 0 saturated carbocycles. The maximum atomic E-state index is 13.7. The first kappa shape index (κ1) is 20.3. The Morgan fingerprint density at radius 2 is 2.11 bits per heavy atom. The molecular weight excluding hydrogens is 386 g/mol. The van der Waals surface area contributed by atoms with Crippen LogP contribution in [-0.4, -0.2) is 51.1 Å². The van der Waals surface area contributed by atoms with Gasteiger partial charge in [-0.15, -0.1) is 11.3 Å². The lowest BCUT2D eigenvalue weighted by atomic mass is 10.1. The fraction of sp³-hybridized carbons (Fsp3) is 0.474. The van der Waals surface area contributed by atoms with Gasteiger partial charge >= 0.3 is 0 Å². The van der Waals surface area contributed by atoms with Gasteiger partial charge in [-0.25, -0.2) is 18.7 Å². The van der Waals surface area contributed by atoms with Gasteiger partial charge in [0.2, 0.25) is 0 Å². The molecule has 0 bridgehead atoms. The van der Waals surface area contributed by atoms with Crippen molar-refractivity contribution in [2.75, 3.05) is 11.9 Å². The highest BCUT2D eigenvalue weighted by Gasteiger charge is 2.46. The van der Waals surface area contributed by atoms with Crippen molar-refractivity contribution in [2.24, 2.45) is 0 Å². The zero-order valence-corrected chi connectivity index (χ0v) is 16.9. The number of thiazole rings is 1. The molecule has 1 saturated heterocycles. The van der Waals surface area contributed by atoms with Crippen LogP contribution in [0.25, 0.3) is 10.4 Å². The minimum atomic E-state index is -2.92. The van der Waals surface area contributed by atoms with Crippen molar-refractivity contribution in [2.45, 2.75) is 51.6 Å². The number of carbonyl (C=O) groups excluding carboxylic acids is 2. The fourth-order valence-electron chi connectivity index (χ4n) is 3.13. The first-order valence-corrected chi connectivity index (χ1v) is 9.70. The summed E-state index contributed by atoms with van der Waals surface area (Å²) in [5, 5.41) is 3.35. The van der Waals surface area contributed by atoms with Crippen molar-refractivity contribution in [3.8, 4) is 10.4 Å². The van der Waals surface area contributed by atoms with Crippen molar-refractivity contribution < 1.29 is 18.4 Å². The number of hydrogen-bond acceptors (Lipinski definition) is 6. The second-order valence-electron chi connectivity index (χ2n) is 8.00. The molecule has 1 aliphatic rings. The van der Waals surface area contributed by atoms with E-state index in [1.54, 1.807) is 25.3 Å². The van der Waals surface area contributed by atoms with Crippen LogP contribution in [-0.2, 0) is 0 Å². The zero-order chi connectivity index (χ0) is 20.7. The van der Waals surface area contributed by atoms with E-state index in [2.05, 4.69) is 15.3 Å². The van der Waals surface area contributed by atoms with E-state index in [9.17, 15) is 18.4 Å². The van der Waals surface area contributed by atoms with Crippen LogP contribution in [0, 0.1) is 0 Å². The van der Waals surface area contributed by atoms with Crippen LogP contribution in [0.4, 0.5) is 14.6 Å². The average Bonchev–Trinajstić information content (AvgIpc) is 3.13. The summed E-state index contributed by atoms with van der Waals surface area (Å²) in [6.07, 6.45) is 1.75. The molecule has 1 N–H and O–H groups in total. The number of aromatic nitrogens is 2. The number of rotatable bonds is 4. The number of aldehydes is 1.